The van der Waals surface area contributed by atoms with Gasteiger partial charge < -0.3 is 11.5 Å². The van der Waals surface area contributed by atoms with Crippen molar-refractivity contribution < 1.29 is 0 Å². The van der Waals surface area contributed by atoms with Crippen LogP contribution < -0.4 is 11.5 Å². The van der Waals surface area contributed by atoms with E-state index in [1.54, 1.807) is 15.6 Å². The monoisotopic (exact) mass is 436 g/mol. The van der Waals surface area contributed by atoms with E-state index in [9.17, 15) is 0 Å². The summed E-state index contributed by atoms with van der Waals surface area (Å²) < 4.78 is 3.40. The van der Waals surface area contributed by atoms with E-state index in [0.717, 1.165) is 40.9 Å². The zero-order valence-corrected chi connectivity index (χ0v) is 18.2. The highest BCUT2D eigenvalue weighted by atomic mass is 35.5. The summed E-state index contributed by atoms with van der Waals surface area (Å²) in [6.07, 6.45) is 10.8. The van der Waals surface area contributed by atoms with Crippen molar-refractivity contribution in [3.05, 3.63) is 41.3 Å². The molecule has 9 heteroatoms. The normalized spacial score (nSPS) is 14.6. The summed E-state index contributed by atoms with van der Waals surface area (Å²) >= 11 is 6.30. The van der Waals surface area contributed by atoms with Crippen LogP contribution in [0.3, 0.4) is 0 Å². The maximum atomic E-state index is 6.30. The van der Waals surface area contributed by atoms with E-state index in [4.69, 9.17) is 28.2 Å². The zero-order valence-electron chi connectivity index (χ0n) is 17.4. The first-order valence-electron chi connectivity index (χ1n) is 10.6. The fraction of sp³-hybridized carbons (Fsp3) is 0.364. The van der Waals surface area contributed by atoms with Gasteiger partial charge in [-0.25, -0.2) is 0 Å². The van der Waals surface area contributed by atoms with Crippen LogP contribution in [0.2, 0.25) is 5.02 Å². The molecule has 0 saturated heterocycles. The number of aryl methyl sites for hydroxylation is 2. The molecule has 8 nitrogen and oxygen atoms in total. The quantitative estimate of drug-likeness (QED) is 0.485. The molecular formula is C22H25ClN8. The van der Waals surface area contributed by atoms with Crippen LogP contribution >= 0.6 is 11.6 Å². The molecule has 31 heavy (non-hydrogen) atoms. The molecule has 1 aliphatic carbocycles. The van der Waals surface area contributed by atoms with Crippen LogP contribution in [0.5, 0.6) is 0 Å². The highest BCUT2D eigenvalue weighted by Crippen LogP contribution is 2.33. The predicted octanol–water partition coefficient (Wildman–Crippen LogP) is 4.16. The van der Waals surface area contributed by atoms with Crippen LogP contribution in [0.1, 0.15) is 37.8 Å². The Labute approximate surface area is 185 Å². The lowest BCUT2D eigenvalue weighted by Gasteiger charge is -2.09. The minimum absolute atomic E-state index is 0.292. The predicted molar refractivity (Wildman–Crippen MR) is 123 cm³/mol. The van der Waals surface area contributed by atoms with Crippen LogP contribution in [0.15, 0.2) is 30.6 Å². The van der Waals surface area contributed by atoms with Crippen LogP contribution in [0.25, 0.3) is 28.0 Å². The first-order valence-corrected chi connectivity index (χ1v) is 11.0. The summed E-state index contributed by atoms with van der Waals surface area (Å²) in [5.74, 6) is 1.71. The molecular weight excluding hydrogens is 412 g/mol. The lowest BCUT2D eigenvalue weighted by atomic mass is 9.99. The Balaban J connectivity index is 1.56. The lowest BCUT2D eigenvalue weighted by molar-refractivity contribution is 0.500. The van der Waals surface area contributed by atoms with Crippen molar-refractivity contribution in [1.82, 2.24) is 29.5 Å². The number of benzene rings is 1. The molecule has 4 aromatic rings. The highest BCUT2D eigenvalue weighted by molar-refractivity contribution is 6.31. The molecule has 4 N–H and O–H groups in total. The van der Waals surface area contributed by atoms with Gasteiger partial charge in [0.2, 0.25) is 0 Å². The molecule has 5 rings (SSSR count). The number of nitrogens with two attached hydrogens (primary N) is 2. The second-order valence-electron chi connectivity index (χ2n) is 8.28. The highest BCUT2D eigenvalue weighted by Gasteiger charge is 2.20. The Morgan fingerprint density at radius 2 is 1.87 bits per heavy atom. The molecule has 0 bridgehead atoms. The van der Waals surface area contributed by atoms with Crippen molar-refractivity contribution in [2.24, 2.45) is 13.0 Å². The van der Waals surface area contributed by atoms with Crippen molar-refractivity contribution in [2.45, 2.75) is 38.5 Å². The number of aromatic nitrogens is 6. The third kappa shape index (κ3) is 3.72. The summed E-state index contributed by atoms with van der Waals surface area (Å²) in [7, 11) is 1.83. The standard InChI is InChI=1S/C22H25ClN8/c1-30-12-14(11-26-30)19-20(24)27-22(28-21(19)25)31-18-9-7-15(23)10-16(18)17(29-31)8-6-13-4-2-3-5-13/h7,9-13H,2-6,8H2,1H3,(H4,24,25,27,28). The molecule has 1 aromatic carbocycles. The Hall–Kier alpha value is -3.13. The smallest absolute Gasteiger partial charge is 0.255 e. The number of hydrogen-bond donors (Lipinski definition) is 2. The minimum atomic E-state index is 0.292. The average Bonchev–Trinajstić information content (AvgIpc) is 3.46. The number of halogens is 1. The summed E-state index contributed by atoms with van der Waals surface area (Å²) in [6.45, 7) is 0. The number of anilines is 2. The molecule has 0 atom stereocenters. The van der Waals surface area contributed by atoms with E-state index in [1.807, 2.05) is 31.4 Å². The number of nitrogens with zero attached hydrogens (tertiary/aromatic N) is 6. The fourth-order valence-corrected chi connectivity index (χ4v) is 4.73. The summed E-state index contributed by atoms with van der Waals surface area (Å²) in [5, 5.41) is 10.7. The van der Waals surface area contributed by atoms with Crippen LogP contribution in [-0.2, 0) is 13.5 Å². The van der Waals surface area contributed by atoms with Gasteiger partial charge in [-0.2, -0.15) is 24.8 Å². The van der Waals surface area contributed by atoms with Crippen LogP contribution in [-0.4, -0.2) is 29.5 Å². The van der Waals surface area contributed by atoms with Crippen LogP contribution in [0.4, 0.5) is 11.6 Å². The van der Waals surface area contributed by atoms with E-state index in [-0.39, 0.29) is 0 Å². The first-order chi connectivity index (χ1) is 15.0. The summed E-state index contributed by atoms with van der Waals surface area (Å²) in [5.41, 5.74) is 15.8. The SMILES string of the molecule is Cn1cc(-c2c(N)nc(-n3nc(CCC4CCCC4)c4cc(Cl)ccc43)nc2N)cn1. The fourth-order valence-electron chi connectivity index (χ4n) is 4.55. The molecule has 0 unspecified atom stereocenters. The first kappa shape index (κ1) is 19.8. The van der Waals surface area contributed by atoms with E-state index in [1.165, 1.54) is 25.7 Å². The van der Waals surface area contributed by atoms with E-state index in [2.05, 4.69) is 15.1 Å². The molecule has 1 saturated carbocycles. The molecule has 1 aliphatic rings. The Bertz CT molecular complexity index is 1230. The summed E-state index contributed by atoms with van der Waals surface area (Å²) in [6, 6.07) is 5.75. The van der Waals surface area contributed by atoms with Crippen molar-refractivity contribution in [2.75, 3.05) is 11.5 Å². The lowest BCUT2D eigenvalue weighted by Crippen LogP contribution is -2.10. The molecule has 0 spiro atoms. The number of rotatable bonds is 5. The molecule has 0 amide bonds. The van der Waals surface area contributed by atoms with Gasteiger partial charge in [0, 0.05) is 29.2 Å². The van der Waals surface area contributed by atoms with Crippen LogP contribution in [0, 0.1) is 5.92 Å². The molecule has 0 aliphatic heterocycles. The maximum absolute atomic E-state index is 6.30. The van der Waals surface area contributed by atoms with Gasteiger partial charge in [0.25, 0.3) is 5.95 Å². The second kappa shape index (κ2) is 7.85. The Morgan fingerprint density at radius 3 is 2.55 bits per heavy atom. The van der Waals surface area contributed by atoms with Gasteiger partial charge in [0.15, 0.2) is 0 Å². The molecule has 1 fully saturated rings. The van der Waals surface area contributed by atoms with E-state index < -0.39 is 0 Å². The average molecular weight is 437 g/mol. The van der Waals surface area contributed by atoms with Crippen molar-refractivity contribution in [1.29, 1.82) is 0 Å². The van der Waals surface area contributed by atoms with Gasteiger partial charge in [-0.05, 0) is 37.0 Å². The number of hydrogen-bond acceptors (Lipinski definition) is 6. The topological polar surface area (TPSA) is 113 Å². The largest absolute Gasteiger partial charge is 0.383 e. The van der Waals surface area contributed by atoms with Gasteiger partial charge in [-0.3, -0.25) is 4.68 Å². The van der Waals surface area contributed by atoms with Gasteiger partial charge in [0.05, 0.1) is 23.0 Å². The third-order valence-electron chi connectivity index (χ3n) is 6.12. The van der Waals surface area contributed by atoms with Gasteiger partial charge in [0.1, 0.15) is 11.6 Å². The summed E-state index contributed by atoms with van der Waals surface area (Å²) in [4.78, 5) is 9.06. The van der Waals surface area contributed by atoms with Crippen molar-refractivity contribution in [3.8, 4) is 17.1 Å². The zero-order chi connectivity index (χ0) is 21.5. The van der Waals surface area contributed by atoms with Gasteiger partial charge in [-0.15, -0.1) is 0 Å². The molecule has 160 valence electrons. The Morgan fingerprint density at radius 1 is 1.13 bits per heavy atom. The van der Waals surface area contributed by atoms with Gasteiger partial charge >= 0.3 is 0 Å². The van der Waals surface area contributed by atoms with Crippen molar-refractivity contribution in [3.63, 3.8) is 0 Å². The molecule has 0 radical (unpaired) electrons. The number of fused-ring (bicyclic) bond motifs is 1. The molecule has 3 aromatic heterocycles. The second-order valence-corrected chi connectivity index (χ2v) is 8.72. The number of nitrogen functional groups attached to an aromatic ring is 2. The maximum Gasteiger partial charge on any atom is 0.255 e. The Kier molecular flexibility index (Phi) is 5.02. The van der Waals surface area contributed by atoms with Crippen molar-refractivity contribution >= 4 is 34.1 Å². The minimum Gasteiger partial charge on any atom is -0.383 e. The molecule has 3 heterocycles. The van der Waals surface area contributed by atoms with E-state index >= 15 is 0 Å². The van der Waals surface area contributed by atoms with Gasteiger partial charge in [-0.1, -0.05) is 37.3 Å². The third-order valence-corrected chi connectivity index (χ3v) is 6.35. The van der Waals surface area contributed by atoms with E-state index in [0.29, 0.717) is 28.2 Å².